The maximum atomic E-state index is 14.8. The van der Waals surface area contributed by atoms with E-state index in [-0.39, 0.29) is 40.4 Å². The molecule has 0 bridgehead atoms. The summed E-state index contributed by atoms with van der Waals surface area (Å²) in [6.45, 7) is -0.687. The van der Waals surface area contributed by atoms with Gasteiger partial charge in [0, 0.05) is 47.2 Å². The molecule has 0 aliphatic carbocycles. The zero-order chi connectivity index (χ0) is 31.1. The summed E-state index contributed by atoms with van der Waals surface area (Å²) in [7, 11) is 1.49. The van der Waals surface area contributed by atoms with Crippen LogP contribution in [-0.4, -0.2) is 41.8 Å². The Morgan fingerprint density at radius 1 is 0.977 bits per heavy atom. The fraction of sp³-hybridized carbons (Fsp3) is 0.103. The third kappa shape index (κ3) is 5.26. The molecule has 0 aliphatic rings. The molecule has 0 saturated heterocycles. The number of likely N-dealkylation sites (N-methyl/N-ethyl adjacent to an activating group) is 1. The van der Waals surface area contributed by atoms with E-state index < -0.39 is 35.4 Å². The Morgan fingerprint density at radius 2 is 1.75 bits per heavy atom. The number of nitrogens with zero attached hydrogens (tertiary/aromatic N) is 6. The predicted octanol–water partition coefficient (Wildman–Crippen LogP) is 3.90. The van der Waals surface area contributed by atoms with Crippen molar-refractivity contribution in [3.05, 3.63) is 116 Å². The summed E-state index contributed by atoms with van der Waals surface area (Å²) < 4.78 is 45.6. The lowest BCUT2D eigenvalue weighted by Crippen LogP contribution is -2.42. The average Bonchev–Trinajstić information content (AvgIpc) is 3.38. The van der Waals surface area contributed by atoms with Crippen molar-refractivity contribution in [2.45, 2.75) is 13.1 Å². The van der Waals surface area contributed by atoms with Crippen molar-refractivity contribution >= 4 is 50.8 Å². The largest absolute Gasteiger partial charge is 0.359 e. The highest BCUT2D eigenvalue weighted by atomic mass is 35.5. The van der Waals surface area contributed by atoms with Crippen molar-refractivity contribution in [3.63, 3.8) is 0 Å². The number of benzene rings is 3. The second-order valence-electron chi connectivity index (χ2n) is 9.68. The van der Waals surface area contributed by atoms with E-state index in [1.54, 1.807) is 42.7 Å². The number of carbonyl (C=O) groups excluding carboxylic acids is 1. The molecule has 0 fully saturated rings. The number of fused-ring (bicyclic) bond motifs is 2. The number of hydrogen-bond acceptors (Lipinski definition) is 7. The van der Waals surface area contributed by atoms with Crippen molar-refractivity contribution in [1.29, 1.82) is 0 Å². The lowest BCUT2D eigenvalue weighted by molar-refractivity contribution is -0.121. The highest BCUT2D eigenvalue weighted by Crippen LogP contribution is 2.30. The fourth-order valence-electron chi connectivity index (χ4n) is 4.69. The van der Waals surface area contributed by atoms with Crippen LogP contribution in [0.3, 0.4) is 0 Å². The van der Waals surface area contributed by atoms with Gasteiger partial charge in [-0.05, 0) is 18.2 Å². The molecule has 3 aromatic carbocycles. The molecule has 44 heavy (non-hydrogen) atoms. The van der Waals surface area contributed by atoms with Gasteiger partial charge in [0.1, 0.15) is 12.4 Å². The summed E-state index contributed by atoms with van der Waals surface area (Å²) in [6.07, 6.45) is 4.45. The van der Waals surface area contributed by atoms with Gasteiger partial charge in [-0.2, -0.15) is 10.1 Å². The van der Waals surface area contributed by atoms with Crippen LogP contribution in [0.15, 0.2) is 76.7 Å². The van der Waals surface area contributed by atoms with Crippen LogP contribution >= 0.6 is 11.6 Å². The van der Waals surface area contributed by atoms with Gasteiger partial charge in [-0.1, -0.05) is 35.9 Å². The van der Waals surface area contributed by atoms with Crippen LogP contribution in [0.1, 0.15) is 5.56 Å². The first-order valence-electron chi connectivity index (χ1n) is 13.0. The van der Waals surface area contributed by atoms with Gasteiger partial charge < -0.3 is 10.6 Å². The number of carbonyl (C=O) groups is 1. The van der Waals surface area contributed by atoms with Crippen LogP contribution in [0.25, 0.3) is 27.4 Å². The molecule has 0 radical (unpaired) electrons. The molecule has 11 nitrogen and oxygen atoms in total. The van der Waals surface area contributed by atoms with Crippen molar-refractivity contribution < 1.29 is 18.0 Å². The minimum Gasteiger partial charge on any atom is -0.358 e. The molecular formula is C29H20ClF3N8O3. The maximum Gasteiger partial charge on any atom is 0.359 e. The van der Waals surface area contributed by atoms with Gasteiger partial charge in [-0.3, -0.25) is 19.0 Å². The van der Waals surface area contributed by atoms with Crippen molar-refractivity contribution in [3.8, 4) is 5.69 Å². The van der Waals surface area contributed by atoms with Gasteiger partial charge >= 0.3 is 11.4 Å². The van der Waals surface area contributed by atoms with Crippen molar-refractivity contribution in [1.82, 2.24) is 34.2 Å². The van der Waals surface area contributed by atoms with Gasteiger partial charge in [0.05, 0.1) is 34.7 Å². The van der Waals surface area contributed by atoms with Crippen LogP contribution in [0.4, 0.5) is 24.8 Å². The molecule has 3 heterocycles. The highest BCUT2D eigenvalue weighted by Gasteiger charge is 2.20. The van der Waals surface area contributed by atoms with E-state index in [2.05, 4.69) is 25.7 Å². The number of pyridine rings is 1. The number of aromatic nitrogens is 6. The van der Waals surface area contributed by atoms with Crippen LogP contribution in [0.2, 0.25) is 5.02 Å². The standard InChI is InChI=1S/C29H20ClF3N8O3/c1-34-26(42)14-39-12-17-7-24(19(30)8-23(17)38-39)36-27-37-28(43)41(25-11-35-10-15-4-2-3-5-18(15)25)29(44)40(27)13-16-6-21(32)22(33)9-20(16)31/h2-12H,13-14H2,1H3,(H,34,42)(H,36,37,43). The smallest absolute Gasteiger partial charge is 0.358 e. The first kappa shape index (κ1) is 28.6. The third-order valence-electron chi connectivity index (χ3n) is 6.85. The van der Waals surface area contributed by atoms with E-state index in [4.69, 9.17) is 11.6 Å². The molecule has 1 amide bonds. The topological polar surface area (TPSA) is 129 Å². The fourth-order valence-corrected chi connectivity index (χ4v) is 4.90. The third-order valence-corrected chi connectivity index (χ3v) is 7.16. The zero-order valence-corrected chi connectivity index (χ0v) is 23.4. The summed E-state index contributed by atoms with van der Waals surface area (Å²) in [5, 5.41) is 11.5. The Kier molecular flexibility index (Phi) is 7.35. The quantitative estimate of drug-likeness (QED) is 0.259. The highest BCUT2D eigenvalue weighted by molar-refractivity contribution is 6.34. The lowest BCUT2D eigenvalue weighted by atomic mass is 10.1. The monoisotopic (exact) mass is 620 g/mol. The number of hydrogen-bond donors (Lipinski definition) is 2. The SMILES string of the molecule is CNC(=O)Cn1cc2cc(Nc3nc(=O)n(-c4cncc5ccccc45)c(=O)n3Cc3cc(F)c(F)cc3F)c(Cl)cc2n1. The molecule has 0 aliphatic heterocycles. The molecule has 0 spiro atoms. The normalized spacial score (nSPS) is 11.3. The van der Waals surface area contributed by atoms with Gasteiger partial charge in [-0.15, -0.1) is 0 Å². The van der Waals surface area contributed by atoms with Crippen molar-refractivity contribution in [2.75, 3.05) is 12.4 Å². The molecule has 3 aromatic heterocycles. The minimum atomic E-state index is -1.40. The number of halogens is 4. The zero-order valence-electron chi connectivity index (χ0n) is 22.7. The first-order chi connectivity index (χ1) is 21.1. The van der Waals surface area contributed by atoms with E-state index in [0.717, 1.165) is 9.13 Å². The van der Waals surface area contributed by atoms with E-state index in [0.29, 0.717) is 33.8 Å². The second-order valence-corrected chi connectivity index (χ2v) is 10.1. The Balaban J connectivity index is 1.52. The van der Waals surface area contributed by atoms with Crippen LogP contribution in [0, 0.1) is 17.5 Å². The van der Waals surface area contributed by atoms with Gasteiger partial charge in [-0.25, -0.2) is 27.3 Å². The molecule has 6 rings (SSSR count). The van der Waals surface area contributed by atoms with Gasteiger partial charge in [0.25, 0.3) is 0 Å². The van der Waals surface area contributed by atoms with Crippen LogP contribution in [0.5, 0.6) is 0 Å². The molecule has 0 unspecified atom stereocenters. The summed E-state index contributed by atoms with van der Waals surface area (Å²) >= 11 is 6.49. The number of rotatable bonds is 7. The molecule has 15 heteroatoms. The van der Waals surface area contributed by atoms with Gasteiger partial charge in [0.2, 0.25) is 11.9 Å². The maximum absolute atomic E-state index is 14.8. The van der Waals surface area contributed by atoms with E-state index in [9.17, 15) is 27.6 Å². The van der Waals surface area contributed by atoms with Crippen LogP contribution < -0.4 is 22.0 Å². The number of anilines is 2. The second kappa shape index (κ2) is 11.3. The summed E-state index contributed by atoms with van der Waals surface area (Å²) in [6, 6.07) is 10.9. The predicted molar refractivity (Wildman–Crippen MR) is 157 cm³/mol. The summed E-state index contributed by atoms with van der Waals surface area (Å²) in [5.74, 6) is -4.48. The minimum absolute atomic E-state index is 0.0479. The molecule has 2 N–H and O–H groups in total. The lowest BCUT2D eigenvalue weighted by Gasteiger charge is -2.17. The van der Waals surface area contributed by atoms with Crippen LogP contribution in [-0.2, 0) is 17.9 Å². The molecular weight excluding hydrogens is 601 g/mol. The number of amides is 1. The molecule has 0 atom stereocenters. The summed E-state index contributed by atoms with van der Waals surface area (Å²) in [5.41, 5.74) is -1.58. The van der Waals surface area contributed by atoms with Crippen molar-refractivity contribution in [2.24, 2.45) is 0 Å². The Bertz CT molecular complexity index is 2230. The Hall–Kier alpha value is -5.50. The Morgan fingerprint density at radius 3 is 2.55 bits per heavy atom. The average molecular weight is 621 g/mol. The van der Waals surface area contributed by atoms with E-state index >= 15 is 0 Å². The molecule has 6 aromatic rings. The Labute approximate surface area is 250 Å². The van der Waals surface area contributed by atoms with E-state index in [1.165, 1.54) is 24.0 Å². The first-order valence-corrected chi connectivity index (χ1v) is 13.4. The van der Waals surface area contributed by atoms with E-state index in [1.807, 2.05) is 0 Å². The van der Waals surface area contributed by atoms with Gasteiger partial charge in [0.15, 0.2) is 11.6 Å². The summed E-state index contributed by atoms with van der Waals surface area (Å²) in [4.78, 5) is 47.4. The number of nitrogens with one attached hydrogen (secondary N) is 2. The molecule has 222 valence electrons. The molecule has 0 saturated carbocycles.